The number of hydrogen-bond donors (Lipinski definition) is 0. The summed E-state index contributed by atoms with van der Waals surface area (Å²) in [6.45, 7) is 5.64. The summed E-state index contributed by atoms with van der Waals surface area (Å²) in [4.78, 5) is 11.6. The SMILES string of the molecule is C=C(C)C(=O)Oc1ccc2c(c1)OCC(c1ccc(OC)cc1)=C2. The number of carbonyl (C=O) groups is 1. The Balaban J connectivity index is 1.83. The number of carbonyl (C=O) groups excluding carboxylic acids is 1. The van der Waals surface area contributed by atoms with Gasteiger partial charge in [0.2, 0.25) is 0 Å². The molecule has 2 aromatic rings. The van der Waals surface area contributed by atoms with E-state index in [-0.39, 0.29) is 0 Å². The van der Waals surface area contributed by atoms with Crippen LogP contribution in [-0.4, -0.2) is 19.7 Å². The lowest BCUT2D eigenvalue weighted by atomic mass is 10.0. The van der Waals surface area contributed by atoms with E-state index in [1.165, 1.54) is 0 Å². The fourth-order valence-corrected chi connectivity index (χ4v) is 2.37. The van der Waals surface area contributed by atoms with Crippen LogP contribution in [0.1, 0.15) is 18.1 Å². The number of methoxy groups -OCH3 is 1. The molecule has 0 atom stereocenters. The summed E-state index contributed by atoms with van der Waals surface area (Å²) < 4.78 is 16.2. The van der Waals surface area contributed by atoms with Crippen molar-refractivity contribution < 1.29 is 19.0 Å². The van der Waals surface area contributed by atoms with Gasteiger partial charge in [0.1, 0.15) is 23.9 Å². The quantitative estimate of drug-likeness (QED) is 0.483. The van der Waals surface area contributed by atoms with Crippen LogP contribution >= 0.6 is 0 Å². The van der Waals surface area contributed by atoms with E-state index in [0.29, 0.717) is 23.7 Å². The average Bonchev–Trinajstić information content (AvgIpc) is 2.61. The zero-order valence-corrected chi connectivity index (χ0v) is 13.7. The summed E-state index contributed by atoms with van der Waals surface area (Å²) in [6, 6.07) is 13.2. The van der Waals surface area contributed by atoms with E-state index in [9.17, 15) is 4.79 Å². The first kappa shape index (κ1) is 15.9. The third-order valence-corrected chi connectivity index (χ3v) is 3.72. The molecule has 0 N–H and O–H groups in total. The van der Waals surface area contributed by atoms with E-state index in [0.717, 1.165) is 22.4 Å². The van der Waals surface area contributed by atoms with Crippen molar-refractivity contribution in [1.29, 1.82) is 0 Å². The van der Waals surface area contributed by atoms with Crippen molar-refractivity contribution in [2.75, 3.05) is 13.7 Å². The molecule has 0 aliphatic carbocycles. The Kier molecular flexibility index (Phi) is 4.38. The number of fused-ring (bicyclic) bond motifs is 1. The highest BCUT2D eigenvalue weighted by atomic mass is 16.5. The molecule has 0 amide bonds. The molecule has 1 heterocycles. The van der Waals surface area contributed by atoms with Gasteiger partial charge in [-0.2, -0.15) is 0 Å². The van der Waals surface area contributed by atoms with Crippen molar-refractivity contribution in [1.82, 2.24) is 0 Å². The van der Waals surface area contributed by atoms with Crippen molar-refractivity contribution >= 4 is 17.6 Å². The normalized spacial score (nSPS) is 12.5. The molecule has 3 rings (SSSR count). The molecule has 0 spiro atoms. The zero-order chi connectivity index (χ0) is 17.1. The van der Waals surface area contributed by atoms with Crippen LogP contribution in [0.2, 0.25) is 0 Å². The number of benzene rings is 2. The Morgan fingerprint density at radius 3 is 2.50 bits per heavy atom. The number of esters is 1. The Bertz CT molecular complexity index is 816. The van der Waals surface area contributed by atoms with Gasteiger partial charge in [-0.3, -0.25) is 0 Å². The minimum Gasteiger partial charge on any atom is -0.497 e. The Morgan fingerprint density at radius 2 is 1.83 bits per heavy atom. The third kappa shape index (κ3) is 3.33. The Morgan fingerprint density at radius 1 is 1.12 bits per heavy atom. The van der Waals surface area contributed by atoms with Gasteiger partial charge in [0.05, 0.1) is 7.11 Å². The molecule has 122 valence electrons. The van der Waals surface area contributed by atoms with Crippen LogP contribution in [0, 0.1) is 0 Å². The first-order chi connectivity index (χ1) is 11.6. The minimum atomic E-state index is -0.444. The largest absolute Gasteiger partial charge is 0.497 e. The maximum Gasteiger partial charge on any atom is 0.338 e. The van der Waals surface area contributed by atoms with Crippen molar-refractivity contribution in [3.63, 3.8) is 0 Å². The lowest BCUT2D eigenvalue weighted by molar-refractivity contribution is -0.130. The van der Waals surface area contributed by atoms with Crippen LogP contribution in [0.25, 0.3) is 11.6 Å². The van der Waals surface area contributed by atoms with Crippen LogP contribution < -0.4 is 14.2 Å². The molecule has 1 aliphatic heterocycles. The van der Waals surface area contributed by atoms with Crippen LogP contribution in [0.15, 0.2) is 54.6 Å². The van der Waals surface area contributed by atoms with Crippen LogP contribution in [0.4, 0.5) is 0 Å². The van der Waals surface area contributed by atoms with E-state index in [2.05, 4.69) is 12.7 Å². The maximum absolute atomic E-state index is 11.6. The van der Waals surface area contributed by atoms with E-state index in [1.807, 2.05) is 30.3 Å². The van der Waals surface area contributed by atoms with Crippen molar-refractivity contribution in [3.8, 4) is 17.2 Å². The molecular formula is C20H18O4. The number of ether oxygens (including phenoxy) is 3. The fraction of sp³-hybridized carbons (Fsp3) is 0.150. The second-order valence-corrected chi connectivity index (χ2v) is 5.56. The van der Waals surface area contributed by atoms with Gasteiger partial charge in [-0.05, 0) is 48.4 Å². The molecule has 0 saturated heterocycles. The molecule has 0 saturated carbocycles. The predicted octanol–water partition coefficient (Wildman–Crippen LogP) is 4.11. The first-order valence-electron chi connectivity index (χ1n) is 7.56. The predicted molar refractivity (Wildman–Crippen MR) is 93.3 cm³/mol. The summed E-state index contributed by atoms with van der Waals surface area (Å²) >= 11 is 0. The summed E-state index contributed by atoms with van der Waals surface area (Å²) in [5, 5.41) is 0. The van der Waals surface area contributed by atoms with Crippen molar-refractivity contribution in [2.45, 2.75) is 6.92 Å². The molecule has 24 heavy (non-hydrogen) atoms. The van der Waals surface area contributed by atoms with Gasteiger partial charge in [-0.15, -0.1) is 0 Å². The fourth-order valence-electron chi connectivity index (χ4n) is 2.37. The van der Waals surface area contributed by atoms with Gasteiger partial charge >= 0.3 is 5.97 Å². The highest BCUT2D eigenvalue weighted by Gasteiger charge is 2.15. The summed E-state index contributed by atoms with van der Waals surface area (Å²) in [5.74, 6) is 1.52. The van der Waals surface area contributed by atoms with Crippen molar-refractivity contribution in [3.05, 3.63) is 65.7 Å². The minimum absolute atomic E-state index is 0.357. The third-order valence-electron chi connectivity index (χ3n) is 3.72. The molecule has 0 fully saturated rings. The van der Waals surface area contributed by atoms with Crippen LogP contribution in [0.3, 0.4) is 0 Å². The van der Waals surface area contributed by atoms with Gasteiger partial charge in [0.15, 0.2) is 0 Å². The second kappa shape index (κ2) is 6.62. The Labute approximate surface area is 141 Å². The zero-order valence-electron chi connectivity index (χ0n) is 13.7. The molecule has 0 bridgehead atoms. The van der Waals surface area contributed by atoms with E-state index in [1.54, 1.807) is 26.2 Å². The highest BCUT2D eigenvalue weighted by Crippen LogP contribution is 2.33. The lowest BCUT2D eigenvalue weighted by Gasteiger charge is -2.19. The second-order valence-electron chi connectivity index (χ2n) is 5.56. The van der Waals surface area contributed by atoms with Gasteiger partial charge in [0.25, 0.3) is 0 Å². The topological polar surface area (TPSA) is 44.8 Å². The van der Waals surface area contributed by atoms with Crippen LogP contribution in [-0.2, 0) is 4.79 Å². The lowest BCUT2D eigenvalue weighted by Crippen LogP contribution is -2.10. The summed E-state index contributed by atoms with van der Waals surface area (Å²) in [5.41, 5.74) is 3.47. The number of hydrogen-bond acceptors (Lipinski definition) is 4. The van der Waals surface area contributed by atoms with Crippen molar-refractivity contribution in [2.24, 2.45) is 0 Å². The van der Waals surface area contributed by atoms with E-state index < -0.39 is 5.97 Å². The monoisotopic (exact) mass is 322 g/mol. The molecule has 4 nitrogen and oxygen atoms in total. The average molecular weight is 322 g/mol. The molecule has 4 heteroatoms. The molecule has 1 aliphatic rings. The van der Waals surface area contributed by atoms with Gasteiger partial charge in [-0.25, -0.2) is 4.79 Å². The molecule has 0 aromatic heterocycles. The van der Waals surface area contributed by atoms with E-state index in [4.69, 9.17) is 14.2 Å². The Hall–Kier alpha value is -3.01. The molecule has 2 aromatic carbocycles. The van der Waals surface area contributed by atoms with Gasteiger partial charge in [-0.1, -0.05) is 18.7 Å². The first-order valence-corrected chi connectivity index (χ1v) is 7.56. The summed E-state index contributed by atoms with van der Waals surface area (Å²) in [6.07, 6.45) is 2.07. The smallest absolute Gasteiger partial charge is 0.338 e. The van der Waals surface area contributed by atoms with Crippen LogP contribution in [0.5, 0.6) is 17.2 Å². The molecular weight excluding hydrogens is 304 g/mol. The highest BCUT2D eigenvalue weighted by molar-refractivity contribution is 5.89. The van der Waals surface area contributed by atoms with E-state index >= 15 is 0 Å². The molecule has 0 radical (unpaired) electrons. The number of rotatable bonds is 4. The van der Waals surface area contributed by atoms with Gasteiger partial charge in [0, 0.05) is 17.2 Å². The molecule has 0 unspecified atom stereocenters. The maximum atomic E-state index is 11.6. The summed E-state index contributed by atoms with van der Waals surface area (Å²) in [7, 11) is 1.65. The standard InChI is InChI=1S/C20H18O4/c1-13(2)20(21)24-18-9-6-15-10-16(12-23-19(15)11-18)14-4-7-17(22-3)8-5-14/h4-11H,1,12H2,2-3H3. The van der Waals surface area contributed by atoms with Gasteiger partial charge < -0.3 is 14.2 Å².